The molecule has 3 rings (SSSR count). The summed E-state index contributed by atoms with van der Waals surface area (Å²) < 4.78 is 37.8. The number of carbonyl (C=O) groups is 1. The maximum atomic E-state index is 12.6. The first-order chi connectivity index (χ1) is 11.3. The summed E-state index contributed by atoms with van der Waals surface area (Å²) in [4.78, 5) is 14.1. The summed E-state index contributed by atoms with van der Waals surface area (Å²) in [5, 5.41) is 9.47. The number of amides is 1. The zero-order valence-corrected chi connectivity index (χ0v) is 13.0. The van der Waals surface area contributed by atoms with Gasteiger partial charge in [0.1, 0.15) is 0 Å². The lowest BCUT2D eigenvalue weighted by Gasteiger charge is -2.19. The zero-order valence-electron chi connectivity index (χ0n) is 13.0. The van der Waals surface area contributed by atoms with E-state index in [1.807, 2.05) is 4.90 Å². The summed E-state index contributed by atoms with van der Waals surface area (Å²) >= 11 is 0. The van der Waals surface area contributed by atoms with Crippen LogP contribution in [0.25, 0.3) is 0 Å². The molecular formula is C16H17F3N4O. The van der Waals surface area contributed by atoms with Gasteiger partial charge in [0.05, 0.1) is 17.3 Å². The van der Waals surface area contributed by atoms with Crippen LogP contribution in [0.15, 0.2) is 30.5 Å². The molecule has 1 atom stereocenters. The van der Waals surface area contributed by atoms with Crippen molar-refractivity contribution < 1.29 is 18.0 Å². The fourth-order valence-electron chi connectivity index (χ4n) is 2.82. The molecule has 8 heteroatoms. The molecule has 2 heterocycles. The molecule has 128 valence electrons. The molecule has 24 heavy (non-hydrogen) atoms. The molecule has 1 aromatic carbocycles. The van der Waals surface area contributed by atoms with Crippen LogP contribution >= 0.6 is 0 Å². The van der Waals surface area contributed by atoms with Gasteiger partial charge in [-0.2, -0.15) is 18.3 Å². The van der Waals surface area contributed by atoms with Crippen LogP contribution in [0.1, 0.15) is 28.0 Å². The molecule has 1 aromatic heterocycles. The molecule has 0 unspecified atom stereocenters. The average Bonchev–Trinajstić information content (AvgIpc) is 3.15. The highest BCUT2D eigenvalue weighted by molar-refractivity contribution is 5.95. The molecule has 0 aliphatic carbocycles. The van der Waals surface area contributed by atoms with Crippen LogP contribution in [0.3, 0.4) is 0 Å². The van der Waals surface area contributed by atoms with Crippen molar-refractivity contribution in [3.05, 3.63) is 47.3 Å². The minimum Gasteiger partial charge on any atom is -0.369 e. The van der Waals surface area contributed by atoms with Crippen molar-refractivity contribution in [3.63, 3.8) is 0 Å². The molecule has 2 aromatic rings. The highest BCUT2D eigenvalue weighted by atomic mass is 19.4. The summed E-state index contributed by atoms with van der Waals surface area (Å²) in [5.74, 6) is -0.194. The van der Waals surface area contributed by atoms with Gasteiger partial charge in [-0.1, -0.05) is 0 Å². The highest BCUT2D eigenvalue weighted by Crippen LogP contribution is 2.31. The number of carbonyl (C=O) groups excluding carboxylic acids is 1. The van der Waals surface area contributed by atoms with Crippen molar-refractivity contribution in [3.8, 4) is 0 Å². The van der Waals surface area contributed by atoms with Crippen molar-refractivity contribution in [1.82, 2.24) is 15.5 Å². The van der Waals surface area contributed by atoms with Gasteiger partial charge in [-0.25, -0.2) is 0 Å². The molecule has 0 bridgehead atoms. The highest BCUT2D eigenvalue weighted by Gasteiger charge is 2.31. The Kier molecular flexibility index (Phi) is 4.21. The monoisotopic (exact) mass is 338 g/mol. The minimum atomic E-state index is -4.33. The van der Waals surface area contributed by atoms with E-state index in [1.54, 1.807) is 6.92 Å². The fourth-order valence-corrected chi connectivity index (χ4v) is 2.82. The number of rotatable bonds is 3. The van der Waals surface area contributed by atoms with E-state index >= 15 is 0 Å². The maximum absolute atomic E-state index is 12.6. The fraction of sp³-hybridized carbons (Fsp3) is 0.375. The van der Waals surface area contributed by atoms with E-state index in [1.165, 1.54) is 18.3 Å². The number of alkyl halides is 3. The first kappa shape index (κ1) is 16.4. The first-order valence-electron chi connectivity index (χ1n) is 7.57. The number of hydrogen-bond acceptors (Lipinski definition) is 3. The van der Waals surface area contributed by atoms with Crippen LogP contribution in [0.5, 0.6) is 0 Å². The number of nitrogens with zero attached hydrogens (tertiary/aromatic N) is 2. The molecule has 1 aliphatic heterocycles. The van der Waals surface area contributed by atoms with E-state index in [0.717, 1.165) is 24.2 Å². The lowest BCUT2D eigenvalue weighted by Crippen LogP contribution is -2.37. The Labute approximate surface area is 136 Å². The number of halogens is 3. The maximum Gasteiger partial charge on any atom is 0.416 e. The van der Waals surface area contributed by atoms with E-state index in [4.69, 9.17) is 0 Å². The number of benzene rings is 1. The zero-order chi connectivity index (χ0) is 17.3. The Morgan fingerprint density at radius 3 is 2.62 bits per heavy atom. The van der Waals surface area contributed by atoms with Crippen LogP contribution < -0.4 is 10.2 Å². The van der Waals surface area contributed by atoms with Gasteiger partial charge < -0.3 is 10.2 Å². The quantitative estimate of drug-likeness (QED) is 0.905. The summed E-state index contributed by atoms with van der Waals surface area (Å²) in [5.41, 5.74) is 1.26. The molecule has 1 amide bonds. The van der Waals surface area contributed by atoms with Gasteiger partial charge in [0.2, 0.25) is 0 Å². The average molecular weight is 338 g/mol. The van der Waals surface area contributed by atoms with Gasteiger partial charge in [0.15, 0.2) is 0 Å². The Bertz CT molecular complexity index is 724. The van der Waals surface area contributed by atoms with E-state index in [-0.39, 0.29) is 11.9 Å². The predicted molar refractivity (Wildman–Crippen MR) is 82.9 cm³/mol. The minimum absolute atomic E-state index is 0.0471. The van der Waals surface area contributed by atoms with Crippen LogP contribution in [0, 0.1) is 6.92 Å². The third-order valence-corrected chi connectivity index (χ3v) is 4.16. The summed E-state index contributed by atoms with van der Waals surface area (Å²) in [7, 11) is 0. The van der Waals surface area contributed by atoms with Gasteiger partial charge in [0, 0.05) is 30.5 Å². The number of anilines is 1. The number of aromatic nitrogens is 2. The number of aromatic amines is 1. The first-order valence-corrected chi connectivity index (χ1v) is 7.57. The second-order valence-corrected chi connectivity index (χ2v) is 5.86. The van der Waals surface area contributed by atoms with Crippen molar-refractivity contribution in [2.75, 3.05) is 18.0 Å². The second kappa shape index (κ2) is 6.18. The Balaban J connectivity index is 1.61. The molecule has 1 aliphatic rings. The lowest BCUT2D eigenvalue weighted by atomic mass is 10.2. The van der Waals surface area contributed by atoms with Gasteiger partial charge in [-0.05, 0) is 37.6 Å². The van der Waals surface area contributed by atoms with E-state index < -0.39 is 11.7 Å². The van der Waals surface area contributed by atoms with Crippen molar-refractivity contribution in [1.29, 1.82) is 0 Å². The van der Waals surface area contributed by atoms with Gasteiger partial charge in [0.25, 0.3) is 5.91 Å². The van der Waals surface area contributed by atoms with E-state index in [0.29, 0.717) is 24.3 Å². The van der Waals surface area contributed by atoms with Gasteiger partial charge in [-0.3, -0.25) is 9.89 Å². The molecule has 0 saturated carbocycles. The van der Waals surface area contributed by atoms with Crippen molar-refractivity contribution in [2.24, 2.45) is 0 Å². The molecule has 1 fully saturated rings. The van der Waals surface area contributed by atoms with Crippen molar-refractivity contribution >= 4 is 11.6 Å². The van der Waals surface area contributed by atoms with Crippen molar-refractivity contribution in [2.45, 2.75) is 25.6 Å². The molecule has 0 spiro atoms. The van der Waals surface area contributed by atoms with Crippen LogP contribution in [0.4, 0.5) is 18.9 Å². The largest absolute Gasteiger partial charge is 0.416 e. The Morgan fingerprint density at radius 2 is 2.04 bits per heavy atom. The third kappa shape index (κ3) is 3.37. The molecular weight excluding hydrogens is 321 g/mol. The summed E-state index contributed by atoms with van der Waals surface area (Å²) in [6.07, 6.45) is -2.11. The van der Waals surface area contributed by atoms with E-state index in [9.17, 15) is 18.0 Å². The number of nitrogens with one attached hydrogen (secondary N) is 2. The molecule has 5 nitrogen and oxygen atoms in total. The lowest BCUT2D eigenvalue weighted by molar-refractivity contribution is -0.137. The summed E-state index contributed by atoms with van der Waals surface area (Å²) in [6.45, 7) is 3.01. The van der Waals surface area contributed by atoms with Crippen LogP contribution in [-0.2, 0) is 6.18 Å². The van der Waals surface area contributed by atoms with Crippen LogP contribution in [-0.4, -0.2) is 35.2 Å². The second-order valence-electron chi connectivity index (χ2n) is 5.86. The van der Waals surface area contributed by atoms with Gasteiger partial charge in [-0.15, -0.1) is 0 Å². The van der Waals surface area contributed by atoms with Gasteiger partial charge >= 0.3 is 6.18 Å². The Hall–Kier alpha value is -2.51. The SMILES string of the molecule is Cc1[nH]ncc1C(=O)N[C@H]1CCN(c2ccc(C(F)(F)F)cc2)C1. The van der Waals surface area contributed by atoms with Crippen LogP contribution in [0.2, 0.25) is 0 Å². The topological polar surface area (TPSA) is 61.0 Å². The normalized spacial score (nSPS) is 18.0. The predicted octanol–water partition coefficient (Wildman–Crippen LogP) is 2.75. The standard InChI is InChI=1S/C16H17F3N4O/c1-10-14(8-20-22-10)15(24)21-12-6-7-23(9-12)13-4-2-11(3-5-13)16(17,18)19/h2-5,8,12H,6-7,9H2,1H3,(H,20,22)(H,21,24)/t12-/m0/s1. The summed E-state index contributed by atoms with van der Waals surface area (Å²) in [6, 6.07) is 5.04. The Morgan fingerprint density at radius 1 is 1.33 bits per heavy atom. The molecule has 2 N–H and O–H groups in total. The van der Waals surface area contributed by atoms with E-state index in [2.05, 4.69) is 15.5 Å². The number of H-pyrrole nitrogens is 1. The number of hydrogen-bond donors (Lipinski definition) is 2. The molecule has 1 saturated heterocycles. The third-order valence-electron chi connectivity index (χ3n) is 4.16. The molecule has 0 radical (unpaired) electrons. The smallest absolute Gasteiger partial charge is 0.369 e. The number of aryl methyl sites for hydroxylation is 1.